The van der Waals surface area contributed by atoms with Gasteiger partial charge in [0.15, 0.2) is 0 Å². The second kappa shape index (κ2) is 8.48. The van der Waals surface area contributed by atoms with Crippen molar-refractivity contribution in [2.24, 2.45) is 7.05 Å². The van der Waals surface area contributed by atoms with Crippen molar-refractivity contribution in [3.63, 3.8) is 0 Å². The van der Waals surface area contributed by atoms with E-state index in [1.807, 2.05) is 46.6 Å². The van der Waals surface area contributed by atoms with E-state index in [0.29, 0.717) is 17.6 Å². The molecule has 1 saturated carbocycles. The zero-order chi connectivity index (χ0) is 21.4. The Morgan fingerprint density at radius 2 is 1.90 bits per heavy atom. The largest absolute Gasteiger partial charge is 0.379 e. The lowest BCUT2D eigenvalue weighted by Crippen LogP contribution is -2.41. The van der Waals surface area contributed by atoms with Crippen molar-refractivity contribution in [2.45, 2.75) is 31.7 Å². The van der Waals surface area contributed by atoms with Crippen LogP contribution < -0.4 is 10.9 Å². The summed E-state index contributed by atoms with van der Waals surface area (Å²) in [5, 5.41) is 4.82. The molecule has 7 heteroatoms. The highest BCUT2D eigenvalue weighted by molar-refractivity contribution is 6.17. The van der Waals surface area contributed by atoms with Gasteiger partial charge in [0.1, 0.15) is 5.52 Å². The van der Waals surface area contributed by atoms with Crippen LogP contribution in [-0.2, 0) is 11.8 Å². The predicted molar refractivity (Wildman–Crippen MR) is 122 cm³/mol. The molecule has 1 N–H and O–H groups in total. The maximum absolute atomic E-state index is 13.5. The van der Waals surface area contributed by atoms with E-state index >= 15 is 0 Å². The number of nitrogens with zero attached hydrogens (tertiary/aromatic N) is 3. The molecule has 3 aromatic rings. The van der Waals surface area contributed by atoms with E-state index in [-0.39, 0.29) is 17.5 Å². The maximum atomic E-state index is 13.5. The van der Waals surface area contributed by atoms with E-state index in [1.54, 1.807) is 0 Å². The average Bonchev–Trinajstić information content (AvgIpc) is 3.43. The number of nitrogens with one attached hydrogen (secondary N) is 1. The maximum Gasteiger partial charge on any atom is 0.275 e. The van der Waals surface area contributed by atoms with Gasteiger partial charge in [-0.05, 0) is 18.9 Å². The summed E-state index contributed by atoms with van der Waals surface area (Å²) in [5.74, 6) is -0.110. The number of pyridine rings is 1. The molecule has 0 bridgehead atoms. The van der Waals surface area contributed by atoms with Crippen molar-refractivity contribution < 1.29 is 9.53 Å². The summed E-state index contributed by atoms with van der Waals surface area (Å²) in [5.41, 5.74) is 2.20. The van der Waals surface area contributed by atoms with Gasteiger partial charge >= 0.3 is 0 Å². The number of amides is 1. The number of benzene rings is 1. The van der Waals surface area contributed by atoms with Crippen LogP contribution in [0.2, 0.25) is 0 Å². The van der Waals surface area contributed by atoms with Gasteiger partial charge in [0, 0.05) is 61.8 Å². The van der Waals surface area contributed by atoms with E-state index in [4.69, 9.17) is 4.74 Å². The van der Waals surface area contributed by atoms with Gasteiger partial charge < -0.3 is 19.2 Å². The van der Waals surface area contributed by atoms with Gasteiger partial charge in [-0.3, -0.25) is 14.5 Å². The predicted octanol–water partition coefficient (Wildman–Crippen LogP) is 2.67. The first-order chi connectivity index (χ1) is 15.1. The quantitative estimate of drug-likeness (QED) is 0.687. The van der Waals surface area contributed by atoms with Crippen LogP contribution in [0.25, 0.3) is 21.8 Å². The van der Waals surface area contributed by atoms with Gasteiger partial charge in [-0.2, -0.15) is 0 Å². The summed E-state index contributed by atoms with van der Waals surface area (Å²) in [6.07, 6.45) is 6.06. The van der Waals surface area contributed by atoms with Crippen LogP contribution in [0.3, 0.4) is 0 Å². The molecule has 0 atom stereocenters. The van der Waals surface area contributed by atoms with Crippen molar-refractivity contribution >= 4 is 27.7 Å². The molecular weight excluding hydrogens is 392 g/mol. The summed E-state index contributed by atoms with van der Waals surface area (Å²) in [6.45, 7) is 4.67. The van der Waals surface area contributed by atoms with Gasteiger partial charge in [-0.25, -0.2) is 0 Å². The van der Waals surface area contributed by atoms with Crippen molar-refractivity contribution in [2.75, 3.05) is 39.4 Å². The molecule has 7 nitrogen and oxygen atoms in total. The Bertz CT molecular complexity index is 1170. The minimum absolute atomic E-state index is 0.00506. The lowest BCUT2D eigenvalue weighted by Gasteiger charge is -2.26. The average molecular weight is 423 g/mol. The highest BCUT2D eigenvalue weighted by Crippen LogP contribution is 2.32. The van der Waals surface area contributed by atoms with Crippen molar-refractivity contribution in [1.82, 2.24) is 19.4 Å². The van der Waals surface area contributed by atoms with E-state index in [1.165, 1.54) is 0 Å². The first-order valence-corrected chi connectivity index (χ1v) is 11.4. The summed E-state index contributed by atoms with van der Waals surface area (Å²) >= 11 is 0. The zero-order valence-corrected chi connectivity index (χ0v) is 18.1. The lowest BCUT2D eigenvalue weighted by molar-refractivity contribution is 0.0383. The molecule has 1 amide bonds. The number of fused-ring (bicyclic) bond motifs is 3. The number of aromatic nitrogens is 2. The normalized spacial score (nSPS) is 18.2. The summed E-state index contributed by atoms with van der Waals surface area (Å²) < 4.78 is 9.17. The van der Waals surface area contributed by atoms with Crippen LogP contribution in [-0.4, -0.2) is 59.3 Å². The molecule has 0 unspecified atom stereocenters. The van der Waals surface area contributed by atoms with Crippen molar-refractivity contribution in [3.05, 3.63) is 46.4 Å². The summed E-state index contributed by atoms with van der Waals surface area (Å²) in [7, 11) is 1.92. The molecule has 1 aliphatic carbocycles. The van der Waals surface area contributed by atoms with Crippen LogP contribution in [0.4, 0.5) is 0 Å². The third-order valence-electron chi connectivity index (χ3n) is 6.86. The van der Waals surface area contributed by atoms with E-state index in [9.17, 15) is 9.59 Å². The number of para-hydroxylation sites is 1. The van der Waals surface area contributed by atoms with Crippen LogP contribution >= 0.6 is 0 Å². The number of morpholine rings is 1. The number of rotatable bonds is 5. The molecule has 164 valence electrons. The summed E-state index contributed by atoms with van der Waals surface area (Å²) in [4.78, 5) is 29.1. The molecule has 2 aliphatic rings. The second-order valence-corrected chi connectivity index (χ2v) is 8.70. The fraction of sp³-hybridized carbons (Fsp3) is 0.500. The Hall–Kier alpha value is -2.64. The van der Waals surface area contributed by atoms with Crippen molar-refractivity contribution in [1.29, 1.82) is 0 Å². The first-order valence-electron chi connectivity index (χ1n) is 11.4. The lowest BCUT2D eigenvalue weighted by atomic mass is 10.1. The highest BCUT2D eigenvalue weighted by Gasteiger charge is 2.25. The van der Waals surface area contributed by atoms with Gasteiger partial charge in [0.25, 0.3) is 11.5 Å². The van der Waals surface area contributed by atoms with Crippen LogP contribution in [0.1, 0.15) is 42.1 Å². The van der Waals surface area contributed by atoms with Gasteiger partial charge in [0.05, 0.1) is 18.8 Å². The van der Waals surface area contributed by atoms with E-state index in [2.05, 4.69) is 10.2 Å². The Labute approximate surface area is 181 Å². The van der Waals surface area contributed by atoms with Gasteiger partial charge in [-0.15, -0.1) is 0 Å². The van der Waals surface area contributed by atoms with E-state index in [0.717, 1.165) is 74.8 Å². The SMILES string of the molecule is Cn1c2ccccc2c2c(C(=O)NCCN3CCOCC3)cn(C3CCCC3)c(=O)c21. The minimum atomic E-state index is -0.110. The molecule has 5 rings (SSSR count). The molecule has 2 fully saturated rings. The molecule has 2 aromatic heterocycles. The number of carbonyl (C=O) groups is 1. The Kier molecular flexibility index (Phi) is 5.54. The van der Waals surface area contributed by atoms with Crippen molar-refractivity contribution in [3.8, 4) is 0 Å². The third kappa shape index (κ3) is 3.66. The molecular formula is C24H30N4O3. The monoisotopic (exact) mass is 422 g/mol. The number of hydrogen-bond donors (Lipinski definition) is 1. The molecule has 31 heavy (non-hydrogen) atoms. The molecule has 0 radical (unpaired) electrons. The fourth-order valence-corrected chi connectivity index (χ4v) is 5.17. The molecule has 0 spiro atoms. The van der Waals surface area contributed by atoms with E-state index < -0.39 is 0 Å². The smallest absolute Gasteiger partial charge is 0.275 e. The number of carbonyl (C=O) groups excluding carboxylic acids is 1. The third-order valence-corrected chi connectivity index (χ3v) is 6.86. The zero-order valence-electron chi connectivity index (χ0n) is 18.1. The van der Waals surface area contributed by atoms with Gasteiger partial charge in [0.2, 0.25) is 0 Å². The second-order valence-electron chi connectivity index (χ2n) is 8.70. The summed E-state index contributed by atoms with van der Waals surface area (Å²) in [6, 6.07) is 8.12. The molecule has 1 saturated heterocycles. The highest BCUT2D eigenvalue weighted by atomic mass is 16.5. The van der Waals surface area contributed by atoms with Crippen LogP contribution in [0, 0.1) is 0 Å². The standard InChI is InChI=1S/C24H30N4O3/c1-26-20-9-5-4-8-18(20)21-19(23(29)25-10-11-27-12-14-31-15-13-27)16-28(24(30)22(21)26)17-6-2-3-7-17/h4-5,8-9,16-17H,2-3,6-7,10-15H2,1H3,(H,25,29). The molecule has 1 aliphatic heterocycles. The Morgan fingerprint density at radius 3 is 2.68 bits per heavy atom. The minimum Gasteiger partial charge on any atom is -0.379 e. The number of ether oxygens (including phenoxy) is 1. The Balaban J connectivity index is 1.55. The fourth-order valence-electron chi connectivity index (χ4n) is 5.17. The van der Waals surface area contributed by atoms with Crippen LogP contribution in [0.5, 0.6) is 0 Å². The molecule has 1 aromatic carbocycles. The topological polar surface area (TPSA) is 68.5 Å². The van der Waals surface area contributed by atoms with Gasteiger partial charge in [-0.1, -0.05) is 31.0 Å². The Morgan fingerprint density at radius 1 is 1.16 bits per heavy atom. The van der Waals surface area contributed by atoms with Crippen LogP contribution in [0.15, 0.2) is 35.3 Å². The number of hydrogen-bond acceptors (Lipinski definition) is 4. The first kappa shape index (κ1) is 20.3. The molecule has 3 heterocycles. The number of aryl methyl sites for hydroxylation is 1.